The summed E-state index contributed by atoms with van der Waals surface area (Å²) in [6.45, 7) is 3.06. The van der Waals surface area contributed by atoms with Crippen molar-refractivity contribution in [2.75, 3.05) is 26.9 Å². The van der Waals surface area contributed by atoms with Crippen LogP contribution in [0.3, 0.4) is 0 Å². The summed E-state index contributed by atoms with van der Waals surface area (Å²) in [4.78, 5) is 37.0. The number of nitrogens with zero attached hydrogens (tertiary/aromatic N) is 2. The van der Waals surface area contributed by atoms with Crippen LogP contribution in [0.25, 0.3) is 0 Å². The number of allylic oxidation sites excluding steroid dienone is 1. The van der Waals surface area contributed by atoms with Gasteiger partial charge in [0.15, 0.2) is 24.7 Å². The largest absolute Gasteiger partial charge is 0.493 e. The fourth-order valence-corrected chi connectivity index (χ4v) is 5.43. The second kappa shape index (κ2) is 14.5. The van der Waals surface area contributed by atoms with Gasteiger partial charge in [-0.3, -0.25) is 4.79 Å². The molecule has 12 nitrogen and oxygen atoms in total. The van der Waals surface area contributed by atoms with Crippen LogP contribution in [0.4, 0.5) is 4.79 Å². The van der Waals surface area contributed by atoms with E-state index in [1.807, 2.05) is 6.07 Å². The van der Waals surface area contributed by atoms with E-state index in [2.05, 4.69) is 59.7 Å². The Balaban J connectivity index is 1.66. The molecule has 0 unspecified atom stereocenters. The van der Waals surface area contributed by atoms with Crippen molar-refractivity contribution in [3.05, 3.63) is 60.8 Å². The average molecular weight is 726 g/mol. The van der Waals surface area contributed by atoms with E-state index in [1.54, 1.807) is 44.2 Å². The molecule has 14 heteroatoms. The van der Waals surface area contributed by atoms with Crippen molar-refractivity contribution < 1.29 is 33.3 Å². The number of nitrogens with one attached hydrogen (secondary N) is 3. The Hall–Kier alpha value is -3.84. The highest BCUT2D eigenvalue weighted by Gasteiger charge is 2.32. The molecule has 0 saturated heterocycles. The smallest absolute Gasteiger partial charge is 0.338 e. The molecule has 0 radical (unpaired) electrons. The third-order valence-electron chi connectivity index (χ3n) is 5.35. The number of nitriles is 1. The molecule has 3 N–H and O–H groups in total. The van der Waals surface area contributed by atoms with Gasteiger partial charge >= 0.3 is 12.0 Å². The summed E-state index contributed by atoms with van der Waals surface area (Å²) < 4.78 is 23.0. The Morgan fingerprint density at radius 1 is 1.25 bits per heavy atom. The number of carbonyl (C=O) groups excluding carboxylic acids is 3. The fourth-order valence-electron chi connectivity index (χ4n) is 3.66. The lowest BCUT2D eigenvalue weighted by atomic mass is 9.95. The van der Waals surface area contributed by atoms with E-state index in [-0.39, 0.29) is 31.1 Å². The molecule has 1 aliphatic rings. The molecule has 1 atom stereocenters. The van der Waals surface area contributed by atoms with Crippen molar-refractivity contribution >= 4 is 62.6 Å². The first kappa shape index (κ1) is 30.7. The molecule has 0 aliphatic carbocycles. The maximum absolute atomic E-state index is 12.6. The lowest BCUT2D eigenvalue weighted by Gasteiger charge is -2.28. The summed E-state index contributed by atoms with van der Waals surface area (Å²) in [5.41, 5.74) is 4.28. The van der Waals surface area contributed by atoms with Crippen molar-refractivity contribution in [1.82, 2.24) is 16.1 Å². The molecule has 3 amide bonds. The Bertz CT molecular complexity index is 1380. The first-order chi connectivity index (χ1) is 19.2. The average Bonchev–Trinajstić information content (AvgIpc) is 2.91. The number of hydrazone groups is 1. The zero-order chi connectivity index (χ0) is 29.2. The van der Waals surface area contributed by atoms with Crippen LogP contribution >= 0.6 is 38.5 Å². The van der Waals surface area contributed by atoms with Gasteiger partial charge in [0.25, 0.3) is 5.91 Å². The predicted octanol–water partition coefficient (Wildman–Crippen LogP) is 3.68. The fraction of sp³-hybridized carbons (Fsp3) is 0.269. The third-order valence-corrected chi connectivity index (χ3v) is 6.74. The summed E-state index contributed by atoms with van der Waals surface area (Å²) in [7, 11) is 1.43. The van der Waals surface area contributed by atoms with Crippen LogP contribution in [0.15, 0.2) is 51.2 Å². The number of urea groups is 1. The summed E-state index contributed by atoms with van der Waals surface area (Å²) in [6, 6.07) is 9.04. The highest BCUT2D eigenvalue weighted by Crippen LogP contribution is 2.35. The maximum atomic E-state index is 12.6. The molecular weight excluding hydrogens is 701 g/mol. The van der Waals surface area contributed by atoms with Gasteiger partial charge in [-0.25, -0.2) is 15.0 Å². The van der Waals surface area contributed by atoms with Crippen LogP contribution in [0.5, 0.6) is 17.2 Å². The Morgan fingerprint density at radius 3 is 2.70 bits per heavy atom. The van der Waals surface area contributed by atoms with E-state index in [4.69, 9.17) is 24.2 Å². The number of hydrogen-bond acceptors (Lipinski definition) is 9. The number of esters is 1. The van der Waals surface area contributed by atoms with Gasteiger partial charge < -0.3 is 29.6 Å². The van der Waals surface area contributed by atoms with E-state index in [0.717, 1.165) is 3.57 Å². The van der Waals surface area contributed by atoms with Crippen LogP contribution in [0.2, 0.25) is 0 Å². The monoisotopic (exact) mass is 725 g/mol. The molecule has 0 spiro atoms. The molecular formula is C26H25BrIN5O7. The lowest BCUT2D eigenvalue weighted by molar-refractivity contribution is -0.139. The van der Waals surface area contributed by atoms with Crippen LogP contribution in [-0.2, 0) is 14.3 Å². The zero-order valence-electron chi connectivity index (χ0n) is 21.7. The normalized spacial score (nSPS) is 14.6. The minimum Gasteiger partial charge on any atom is -0.493 e. The van der Waals surface area contributed by atoms with Crippen molar-refractivity contribution in [3.8, 4) is 23.3 Å². The molecule has 1 heterocycles. The highest BCUT2D eigenvalue weighted by molar-refractivity contribution is 14.1. The number of rotatable bonds is 11. The van der Waals surface area contributed by atoms with Gasteiger partial charge in [0.1, 0.15) is 11.8 Å². The van der Waals surface area contributed by atoms with Crippen molar-refractivity contribution in [2.45, 2.75) is 19.9 Å². The predicted molar refractivity (Wildman–Crippen MR) is 156 cm³/mol. The number of amides is 3. The maximum Gasteiger partial charge on any atom is 0.338 e. The van der Waals surface area contributed by atoms with Gasteiger partial charge in [-0.1, -0.05) is 6.07 Å². The highest BCUT2D eigenvalue weighted by atomic mass is 127. The number of ether oxygens (including phenoxy) is 4. The van der Waals surface area contributed by atoms with Gasteiger partial charge in [-0.2, -0.15) is 10.4 Å². The summed E-state index contributed by atoms with van der Waals surface area (Å²) in [5, 5.41) is 18.0. The van der Waals surface area contributed by atoms with Crippen LogP contribution in [-0.4, -0.2) is 51.1 Å². The van der Waals surface area contributed by atoms with E-state index < -0.39 is 23.9 Å². The van der Waals surface area contributed by atoms with Crippen molar-refractivity contribution in [2.24, 2.45) is 5.10 Å². The van der Waals surface area contributed by atoms with Gasteiger partial charge in [-0.15, -0.1) is 0 Å². The topological polar surface area (TPSA) is 160 Å². The molecule has 1 aliphatic heterocycles. The quantitative estimate of drug-likeness (QED) is 0.137. The van der Waals surface area contributed by atoms with E-state index in [9.17, 15) is 14.4 Å². The number of halogens is 2. The van der Waals surface area contributed by atoms with Gasteiger partial charge in [-0.05, 0) is 87.8 Å². The standard InChI is InChI=1S/C26H25BrIN5O7/c1-4-38-25(35)22-14(2)31-26(36)32-23(22)16-5-6-19(20(11-16)37-3)40-13-21(34)33-30-12-15-9-17(27)24(18(28)10-15)39-8-7-29/h5-6,9-12,23H,4,8,13H2,1-3H3,(H,33,34)(H2,31,32,36)/b30-12-/t23-/m0/s1. The number of hydrogen-bond donors (Lipinski definition) is 3. The summed E-state index contributed by atoms with van der Waals surface area (Å²) in [5.74, 6) is 0.0387. The van der Waals surface area contributed by atoms with Crippen molar-refractivity contribution in [3.63, 3.8) is 0 Å². The van der Waals surface area contributed by atoms with E-state index >= 15 is 0 Å². The molecule has 210 valence electrons. The third kappa shape index (κ3) is 7.85. The Morgan fingerprint density at radius 2 is 2.02 bits per heavy atom. The summed E-state index contributed by atoms with van der Waals surface area (Å²) >= 11 is 5.47. The first-order valence-electron chi connectivity index (χ1n) is 11.7. The van der Waals surface area contributed by atoms with Gasteiger partial charge in [0.05, 0.1) is 39.6 Å². The minimum atomic E-state index is -0.775. The Kier molecular flexibility index (Phi) is 11.1. The van der Waals surface area contributed by atoms with Crippen LogP contribution in [0.1, 0.15) is 31.0 Å². The van der Waals surface area contributed by atoms with Gasteiger partial charge in [0, 0.05) is 5.70 Å². The van der Waals surface area contributed by atoms with Crippen LogP contribution in [0, 0.1) is 14.9 Å². The lowest BCUT2D eigenvalue weighted by Crippen LogP contribution is -2.45. The first-order valence-corrected chi connectivity index (χ1v) is 13.6. The second-order valence-corrected chi connectivity index (χ2v) is 10.1. The number of carbonyl (C=O) groups is 3. The molecule has 40 heavy (non-hydrogen) atoms. The molecule has 0 aromatic heterocycles. The summed E-state index contributed by atoms with van der Waals surface area (Å²) in [6.07, 6.45) is 1.46. The van der Waals surface area contributed by atoms with Gasteiger partial charge in [0.2, 0.25) is 0 Å². The molecule has 3 rings (SSSR count). The number of benzene rings is 2. The SMILES string of the molecule is CCOC(=O)C1=C(C)NC(=O)N[C@H]1c1ccc(OCC(=O)N/N=C\c2cc(Br)c(OCC#N)c(I)c2)c(OC)c1. The minimum absolute atomic E-state index is 0.0778. The van der Waals surface area contributed by atoms with Crippen LogP contribution < -0.4 is 30.3 Å². The number of methoxy groups -OCH3 is 1. The second-order valence-electron chi connectivity index (χ2n) is 8.04. The van der Waals surface area contributed by atoms with E-state index in [1.165, 1.54) is 13.3 Å². The molecule has 0 bridgehead atoms. The molecule has 2 aromatic rings. The Labute approximate surface area is 252 Å². The van der Waals surface area contributed by atoms with Crippen molar-refractivity contribution in [1.29, 1.82) is 5.26 Å². The molecule has 2 aromatic carbocycles. The zero-order valence-corrected chi connectivity index (χ0v) is 25.4. The van der Waals surface area contributed by atoms with E-state index in [0.29, 0.717) is 32.8 Å². The molecule has 0 saturated carbocycles. The molecule has 0 fully saturated rings.